The second kappa shape index (κ2) is 8.88. The van der Waals surface area contributed by atoms with Crippen molar-refractivity contribution < 1.29 is 13.9 Å². The number of hydrogen-bond acceptors (Lipinski definition) is 5. The molecule has 0 radical (unpaired) electrons. The molecule has 1 saturated heterocycles. The number of benzene rings is 2. The zero-order valence-electron chi connectivity index (χ0n) is 18.1. The van der Waals surface area contributed by atoms with Gasteiger partial charge in [0.2, 0.25) is 0 Å². The average molecular weight is 431 g/mol. The van der Waals surface area contributed by atoms with Gasteiger partial charge in [0.15, 0.2) is 5.76 Å². The number of hydrogen-bond donors (Lipinski definition) is 0. The molecule has 5 rings (SSSR count). The molecule has 1 aliphatic heterocycles. The number of aryl methyl sites for hydroxylation is 1. The lowest BCUT2D eigenvalue weighted by Gasteiger charge is -2.34. The molecule has 2 aromatic heterocycles. The van der Waals surface area contributed by atoms with Crippen LogP contribution in [-0.2, 0) is 20.2 Å². The predicted octanol–water partition coefficient (Wildman–Crippen LogP) is 3.70. The Hall–Kier alpha value is -3.58. The smallest absolute Gasteiger partial charge is 0.289 e. The van der Waals surface area contributed by atoms with Gasteiger partial charge in [-0.05, 0) is 35.0 Å². The van der Waals surface area contributed by atoms with Gasteiger partial charge in [-0.1, -0.05) is 30.3 Å². The number of rotatable bonds is 6. The average Bonchev–Trinajstić information content (AvgIpc) is 3.46. The minimum absolute atomic E-state index is 0.0667. The molecule has 0 bridgehead atoms. The lowest BCUT2D eigenvalue weighted by molar-refractivity contribution is 0.0594. The van der Waals surface area contributed by atoms with E-state index in [1.54, 1.807) is 6.07 Å². The van der Waals surface area contributed by atoms with Gasteiger partial charge in [0.25, 0.3) is 5.91 Å². The van der Waals surface area contributed by atoms with E-state index in [1.165, 1.54) is 10.9 Å². The van der Waals surface area contributed by atoms with Crippen molar-refractivity contribution in [2.75, 3.05) is 26.2 Å². The quantitative estimate of drug-likeness (QED) is 0.467. The fraction of sp³-hybridized carbons (Fsp3) is 0.280. The summed E-state index contributed by atoms with van der Waals surface area (Å²) < 4.78 is 13.5. The molecule has 0 spiro atoms. The first-order chi connectivity index (χ1) is 15.6. The first kappa shape index (κ1) is 20.3. The zero-order chi connectivity index (χ0) is 21.9. The van der Waals surface area contributed by atoms with E-state index in [2.05, 4.69) is 22.1 Å². The second-order valence-electron chi connectivity index (χ2n) is 8.15. The highest BCUT2D eigenvalue weighted by atomic mass is 16.5. The fourth-order valence-electron chi connectivity index (χ4n) is 4.06. The van der Waals surface area contributed by atoms with Crippen LogP contribution in [0.3, 0.4) is 0 Å². The summed E-state index contributed by atoms with van der Waals surface area (Å²) in [5.74, 6) is 1.71. The monoisotopic (exact) mass is 430 g/mol. The number of fused-ring (bicyclic) bond motifs is 1. The third-order valence-electron chi connectivity index (χ3n) is 5.80. The van der Waals surface area contributed by atoms with E-state index in [1.807, 2.05) is 65.4 Å². The van der Waals surface area contributed by atoms with Gasteiger partial charge in [-0.3, -0.25) is 14.4 Å². The minimum atomic E-state index is -0.0667. The van der Waals surface area contributed by atoms with Crippen molar-refractivity contribution in [2.45, 2.75) is 13.2 Å². The summed E-state index contributed by atoms with van der Waals surface area (Å²) in [4.78, 5) is 17.1. The Morgan fingerprint density at radius 1 is 1.03 bits per heavy atom. The van der Waals surface area contributed by atoms with Crippen LogP contribution in [0.25, 0.3) is 10.8 Å². The van der Waals surface area contributed by atoms with Gasteiger partial charge in [0.1, 0.15) is 18.1 Å². The fourth-order valence-corrected chi connectivity index (χ4v) is 4.06. The summed E-state index contributed by atoms with van der Waals surface area (Å²) in [5, 5.41) is 6.52. The van der Waals surface area contributed by atoms with E-state index in [-0.39, 0.29) is 12.5 Å². The molecule has 0 unspecified atom stereocenters. The lowest BCUT2D eigenvalue weighted by Crippen LogP contribution is -2.48. The second-order valence-corrected chi connectivity index (χ2v) is 8.15. The predicted molar refractivity (Wildman–Crippen MR) is 121 cm³/mol. The topological polar surface area (TPSA) is 63.7 Å². The molecule has 0 aliphatic carbocycles. The normalized spacial score (nSPS) is 14.7. The van der Waals surface area contributed by atoms with Gasteiger partial charge in [-0.2, -0.15) is 5.10 Å². The van der Waals surface area contributed by atoms with Gasteiger partial charge < -0.3 is 14.1 Å². The van der Waals surface area contributed by atoms with Crippen LogP contribution in [0.15, 0.2) is 71.4 Å². The summed E-state index contributed by atoms with van der Waals surface area (Å²) in [7, 11) is 1.92. The number of amides is 1. The number of nitrogens with zero attached hydrogens (tertiary/aromatic N) is 4. The SMILES string of the molecule is Cn1cc(CN2CCN(C(=O)c3ccc(COc4ccc5ccccc5c4)o3)CC2)cn1. The summed E-state index contributed by atoms with van der Waals surface area (Å²) in [6, 6.07) is 17.7. The van der Waals surface area contributed by atoms with Crippen LogP contribution >= 0.6 is 0 Å². The number of piperazine rings is 1. The molecular weight excluding hydrogens is 404 g/mol. The molecule has 0 atom stereocenters. The molecule has 7 nitrogen and oxygen atoms in total. The van der Waals surface area contributed by atoms with Gasteiger partial charge in [0.05, 0.1) is 6.20 Å². The van der Waals surface area contributed by atoms with Crippen LogP contribution in [-0.4, -0.2) is 51.7 Å². The molecule has 0 N–H and O–H groups in total. The molecular formula is C25H26N4O3. The summed E-state index contributed by atoms with van der Waals surface area (Å²) in [6.07, 6.45) is 3.92. The highest BCUT2D eigenvalue weighted by Gasteiger charge is 2.24. The standard InChI is InChI=1S/C25H26N4O3/c1-27-16-19(15-26-27)17-28-10-12-29(13-11-28)25(30)24-9-8-23(32-24)18-31-22-7-6-20-4-2-3-5-21(20)14-22/h2-9,14-16H,10-13,17-18H2,1H3. The lowest BCUT2D eigenvalue weighted by atomic mass is 10.1. The molecule has 164 valence electrons. The van der Waals surface area contributed by atoms with Crippen molar-refractivity contribution in [1.82, 2.24) is 19.6 Å². The molecule has 3 heterocycles. The molecule has 2 aromatic carbocycles. The van der Waals surface area contributed by atoms with E-state index < -0.39 is 0 Å². The first-order valence-electron chi connectivity index (χ1n) is 10.8. The minimum Gasteiger partial charge on any atom is -0.486 e. The number of carbonyl (C=O) groups is 1. The van der Waals surface area contributed by atoms with Gasteiger partial charge in [0, 0.05) is 51.5 Å². The van der Waals surface area contributed by atoms with Crippen molar-refractivity contribution in [3.8, 4) is 5.75 Å². The van der Waals surface area contributed by atoms with E-state index in [9.17, 15) is 4.79 Å². The molecule has 7 heteroatoms. The molecule has 4 aromatic rings. The zero-order valence-corrected chi connectivity index (χ0v) is 18.1. The van der Waals surface area contributed by atoms with Gasteiger partial charge in [-0.15, -0.1) is 0 Å². The maximum Gasteiger partial charge on any atom is 0.289 e. The molecule has 32 heavy (non-hydrogen) atoms. The van der Waals surface area contributed by atoms with Crippen LogP contribution in [0, 0.1) is 0 Å². The maximum atomic E-state index is 12.9. The van der Waals surface area contributed by atoms with Crippen molar-refractivity contribution in [3.05, 3.63) is 84.1 Å². The van der Waals surface area contributed by atoms with Crippen molar-refractivity contribution >= 4 is 16.7 Å². The Bertz CT molecular complexity index is 1220. The van der Waals surface area contributed by atoms with Gasteiger partial charge >= 0.3 is 0 Å². The Labute approximate surface area is 186 Å². The summed E-state index contributed by atoms with van der Waals surface area (Å²) in [5.41, 5.74) is 1.19. The first-order valence-corrected chi connectivity index (χ1v) is 10.8. The molecule has 1 fully saturated rings. The highest BCUT2D eigenvalue weighted by molar-refractivity contribution is 5.91. The van der Waals surface area contributed by atoms with Crippen LogP contribution in [0.4, 0.5) is 0 Å². The Balaban J connectivity index is 1.14. The van der Waals surface area contributed by atoms with E-state index in [0.29, 0.717) is 24.6 Å². The van der Waals surface area contributed by atoms with Crippen LogP contribution in [0.1, 0.15) is 21.9 Å². The van der Waals surface area contributed by atoms with Crippen LogP contribution < -0.4 is 4.74 Å². The van der Waals surface area contributed by atoms with Crippen LogP contribution in [0.5, 0.6) is 5.75 Å². The van der Waals surface area contributed by atoms with E-state index in [0.717, 1.165) is 30.8 Å². The van der Waals surface area contributed by atoms with Crippen molar-refractivity contribution in [2.24, 2.45) is 7.05 Å². The highest BCUT2D eigenvalue weighted by Crippen LogP contribution is 2.22. The molecule has 1 aliphatic rings. The van der Waals surface area contributed by atoms with Crippen molar-refractivity contribution in [3.63, 3.8) is 0 Å². The number of furan rings is 1. The maximum absolute atomic E-state index is 12.9. The number of ether oxygens (including phenoxy) is 1. The summed E-state index contributed by atoms with van der Waals surface area (Å²) >= 11 is 0. The number of carbonyl (C=O) groups excluding carboxylic acids is 1. The Morgan fingerprint density at radius 3 is 2.62 bits per heavy atom. The molecule has 1 amide bonds. The van der Waals surface area contributed by atoms with Crippen molar-refractivity contribution in [1.29, 1.82) is 0 Å². The van der Waals surface area contributed by atoms with Crippen LogP contribution in [0.2, 0.25) is 0 Å². The van der Waals surface area contributed by atoms with Gasteiger partial charge in [-0.25, -0.2) is 0 Å². The summed E-state index contributed by atoms with van der Waals surface area (Å²) in [6.45, 7) is 4.17. The third kappa shape index (κ3) is 4.53. The molecule has 0 saturated carbocycles. The Kier molecular flexibility index (Phi) is 5.64. The van der Waals surface area contributed by atoms with E-state index >= 15 is 0 Å². The Morgan fingerprint density at radius 2 is 1.84 bits per heavy atom. The van der Waals surface area contributed by atoms with E-state index in [4.69, 9.17) is 9.15 Å². The largest absolute Gasteiger partial charge is 0.486 e. The number of aromatic nitrogens is 2. The third-order valence-corrected chi connectivity index (χ3v) is 5.80.